The normalized spacial score (nSPS) is 16.8. The van der Waals surface area contributed by atoms with Gasteiger partial charge in [0.1, 0.15) is 0 Å². The second-order valence-electron chi connectivity index (χ2n) is 6.73. The Labute approximate surface area is 147 Å². The predicted octanol–water partition coefficient (Wildman–Crippen LogP) is 3.64. The van der Waals surface area contributed by atoms with Gasteiger partial charge in [-0.25, -0.2) is 0 Å². The van der Waals surface area contributed by atoms with Crippen molar-refractivity contribution in [3.8, 4) is 12.3 Å². The van der Waals surface area contributed by atoms with Crippen molar-refractivity contribution in [3.63, 3.8) is 0 Å². The zero-order valence-corrected chi connectivity index (χ0v) is 14.3. The molecule has 1 aromatic carbocycles. The van der Waals surface area contributed by atoms with Crippen molar-refractivity contribution < 1.29 is 9.59 Å². The van der Waals surface area contributed by atoms with Crippen LogP contribution in [0, 0.1) is 25.2 Å². The van der Waals surface area contributed by atoms with Crippen LogP contribution >= 0.6 is 0 Å². The van der Waals surface area contributed by atoms with Crippen LogP contribution in [0.2, 0.25) is 0 Å². The summed E-state index contributed by atoms with van der Waals surface area (Å²) in [6.07, 6.45) is 9.38. The van der Waals surface area contributed by atoms with Crippen LogP contribution in [-0.4, -0.2) is 17.5 Å². The summed E-state index contributed by atoms with van der Waals surface area (Å²) in [5.41, 5.74) is 1.91. The van der Waals surface area contributed by atoms with E-state index in [1.54, 1.807) is 6.07 Å². The lowest BCUT2D eigenvalue weighted by atomic mass is 10.0. The van der Waals surface area contributed by atoms with E-state index in [0.29, 0.717) is 37.1 Å². The zero-order chi connectivity index (χ0) is 17.9. The first kappa shape index (κ1) is 17.2. The molecule has 2 amide bonds. The lowest BCUT2D eigenvalue weighted by Gasteiger charge is -2.13. The third-order valence-electron chi connectivity index (χ3n) is 4.53. The van der Waals surface area contributed by atoms with Crippen molar-refractivity contribution in [2.24, 2.45) is 16.1 Å². The Balaban J connectivity index is 1.53. The SMILES string of the molecule is C#CCCC1(CCC(=O)Nc2cc(NC(=O)C3CC3)ccc2C)N=N1. The number of benzene rings is 1. The molecule has 0 unspecified atom stereocenters. The molecule has 1 heterocycles. The van der Waals surface area contributed by atoms with Crippen LogP contribution in [0.1, 0.15) is 44.1 Å². The van der Waals surface area contributed by atoms with Gasteiger partial charge in [-0.2, -0.15) is 10.2 Å². The molecule has 0 atom stereocenters. The fraction of sp³-hybridized carbons (Fsp3) is 0.474. The molecular weight excluding hydrogens is 316 g/mol. The number of aryl methyl sites for hydroxylation is 1. The minimum atomic E-state index is -0.446. The van der Waals surface area contributed by atoms with Gasteiger partial charge in [-0.05, 0) is 37.5 Å². The number of terminal acetylenes is 1. The Kier molecular flexibility index (Phi) is 4.84. The maximum absolute atomic E-state index is 12.2. The Morgan fingerprint density at radius 3 is 2.68 bits per heavy atom. The molecule has 0 bridgehead atoms. The molecule has 3 rings (SSSR count). The summed E-state index contributed by atoms with van der Waals surface area (Å²) in [7, 11) is 0. The minimum absolute atomic E-state index is 0.0496. The molecule has 1 saturated carbocycles. The number of nitrogens with zero attached hydrogens (tertiary/aromatic N) is 2. The van der Waals surface area contributed by atoms with E-state index in [1.165, 1.54) is 0 Å². The highest BCUT2D eigenvalue weighted by Gasteiger charge is 2.39. The van der Waals surface area contributed by atoms with E-state index in [1.807, 2.05) is 19.1 Å². The molecule has 1 aliphatic carbocycles. The quantitative estimate of drug-likeness (QED) is 0.709. The lowest BCUT2D eigenvalue weighted by Crippen LogP contribution is -2.18. The standard InChI is InChI=1S/C19H22N4O2/c1-3-4-10-19(22-23-19)11-9-17(24)21-16-12-15(8-5-13(16)2)20-18(25)14-6-7-14/h1,5,8,12,14H,4,6-7,9-11H2,2H3,(H,20,25)(H,21,24). The summed E-state index contributed by atoms with van der Waals surface area (Å²) in [6.45, 7) is 1.92. The average molecular weight is 338 g/mol. The summed E-state index contributed by atoms with van der Waals surface area (Å²) >= 11 is 0. The van der Waals surface area contributed by atoms with Crippen LogP contribution in [0.15, 0.2) is 28.4 Å². The van der Waals surface area contributed by atoms with E-state index in [0.717, 1.165) is 18.4 Å². The van der Waals surface area contributed by atoms with Gasteiger partial charge in [0.25, 0.3) is 0 Å². The largest absolute Gasteiger partial charge is 0.326 e. The van der Waals surface area contributed by atoms with Crippen LogP contribution in [0.4, 0.5) is 11.4 Å². The molecule has 0 radical (unpaired) electrons. The molecule has 6 heteroatoms. The number of carbonyl (C=O) groups excluding carboxylic acids is 2. The Morgan fingerprint density at radius 1 is 1.28 bits per heavy atom. The van der Waals surface area contributed by atoms with Crippen molar-refractivity contribution >= 4 is 23.2 Å². The average Bonchev–Trinajstić information content (AvgIpc) is 3.48. The van der Waals surface area contributed by atoms with Gasteiger partial charge >= 0.3 is 0 Å². The highest BCUT2D eigenvalue weighted by Crippen LogP contribution is 2.37. The Bertz CT molecular complexity index is 753. The maximum atomic E-state index is 12.2. The number of carbonyl (C=O) groups is 2. The summed E-state index contributed by atoms with van der Waals surface area (Å²) in [4.78, 5) is 24.1. The van der Waals surface area contributed by atoms with Crippen molar-refractivity contribution in [3.05, 3.63) is 23.8 Å². The molecule has 0 saturated heterocycles. The van der Waals surface area contributed by atoms with Crippen molar-refractivity contribution in [2.45, 2.75) is 51.1 Å². The Hall–Kier alpha value is -2.68. The van der Waals surface area contributed by atoms with Gasteiger partial charge in [0.15, 0.2) is 5.66 Å². The number of nitrogens with one attached hydrogen (secondary N) is 2. The number of rotatable bonds is 8. The highest BCUT2D eigenvalue weighted by atomic mass is 16.2. The number of anilines is 2. The number of hydrogen-bond donors (Lipinski definition) is 2. The first-order chi connectivity index (χ1) is 12.0. The minimum Gasteiger partial charge on any atom is -0.326 e. The molecular formula is C19H22N4O2. The van der Waals surface area contributed by atoms with Gasteiger partial charge in [0, 0.05) is 43.0 Å². The van der Waals surface area contributed by atoms with Crippen LogP contribution in [-0.2, 0) is 9.59 Å². The molecule has 1 aliphatic heterocycles. The van der Waals surface area contributed by atoms with E-state index >= 15 is 0 Å². The van der Waals surface area contributed by atoms with Gasteiger partial charge in [-0.1, -0.05) is 6.07 Å². The summed E-state index contributed by atoms with van der Waals surface area (Å²) in [5, 5.41) is 13.9. The maximum Gasteiger partial charge on any atom is 0.227 e. The fourth-order valence-corrected chi connectivity index (χ4v) is 2.62. The Morgan fingerprint density at radius 2 is 2.04 bits per heavy atom. The van der Waals surface area contributed by atoms with Gasteiger partial charge in [0.05, 0.1) is 0 Å². The zero-order valence-electron chi connectivity index (χ0n) is 14.3. The van der Waals surface area contributed by atoms with E-state index in [2.05, 4.69) is 26.8 Å². The van der Waals surface area contributed by atoms with E-state index in [9.17, 15) is 9.59 Å². The molecule has 2 aliphatic rings. The fourth-order valence-electron chi connectivity index (χ4n) is 2.62. The van der Waals surface area contributed by atoms with Crippen molar-refractivity contribution in [2.75, 3.05) is 10.6 Å². The second kappa shape index (κ2) is 7.06. The van der Waals surface area contributed by atoms with Crippen molar-refractivity contribution in [1.82, 2.24) is 0 Å². The van der Waals surface area contributed by atoms with E-state index < -0.39 is 5.66 Å². The molecule has 1 aromatic rings. The van der Waals surface area contributed by atoms with Crippen LogP contribution in [0.3, 0.4) is 0 Å². The van der Waals surface area contributed by atoms with E-state index in [4.69, 9.17) is 6.42 Å². The monoisotopic (exact) mass is 338 g/mol. The topological polar surface area (TPSA) is 82.9 Å². The first-order valence-corrected chi connectivity index (χ1v) is 8.60. The van der Waals surface area contributed by atoms with Crippen molar-refractivity contribution in [1.29, 1.82) is 0 Å². The number of amides is 2. The van der Waals surface area contributed by atoms with Gasteiger partial charge in [-0.3, -0.25) is 9.59 Å². The molecule has 2 N–H and O–H groups in total. The molecule has 1 fully saturated rings. The van der Waals surface area contributed by atoms with Crippen LogP contribution < -0.4 is 10.6 Å². The van der Waals surface area contributed by atoms with Crippen LogP contribution in [0.5, 0.6) is 0 Å². The number of hydrogen-bond acceptors (Lipinski definition) is 4. The lowest BCUT2D eigenvalue weighted by molar-refractivity contribution is -0.117. The van der Waals surface area contributed by atoms with E-state index in [-0.39, 0.29) is 17.7 Å². The molecule has 130 valence electrons. The summed E-state index contributed by atoms with van der Waals surface area (Å²) < 4.78 is 0. The molecule has 6 nitrogen and oxygen atoms in total. The summed E-state index contributed by atoms with van der Waals surface area (Å²) in [6, 6.07) is 5.54. The second-order valence-corrected chi connectivity index (χ2v) is 6.73. The van der Waals surface area contributed by atoms with Gasteiger partial charge in [-0.15, -0.1) is 12.3 Å². The smallest absolute Gasteiger partial charge is 0.227 e. The molecule has 0 aromatic heterocycles. The van der Waals surface area contributed by atoms with Gasteiger partial charge in [0.2, 0.25) is 11.8 Å². The highest BCUT2D eigenvalue weighted by molar-refractivity contribution is 5.96. The first-order valence-electron chi connectivity index (χ1n) is 8.60. The van der Waals surface area contributed by atoms with Crippen LogP contribution in [0.25, 0.3) is 0 Å². The third-order valence-corrected chi connectivity index (χ3v) is 4.53. The molecule has 0 spiro atoms. The summed E-state index contributed by atoms with van der Waals surface area (Å²) in [5.74, 6) is 2.68. The predicted molar refractivity (Wildman–Crippen MR) is 96.1 cm³/mol. The van der Waals surface area contributed by atoms with Gasteiger partial charge < -0.3 is 10.6 Å². The molecule has 25 heavy (non-hydrogen) atoms. The third kappa shape index (κ3) is 4.66.